The Hall–Kier alpha value is -3.74. The van der Waals surface area contributed by atoms with Crippen molar-refractivity contribution in [2.24, 2.45) is 5.92 Å². The molecule has 1 unspecified atom stereocenters. The third-order valence-electron chi connectivity index (χ3n) is 5.36. The molecule has 0 saturated carbocycles. The fourth-order valence-corrected chi connectivity index (χ4v) is 3.58. The molecule has 0 bridgehead atoms. The van der Waals surface area contributed by atoms with Gasteiger partial charge in [-0.1, -0.05) is 42.0 Å². The number of aryl methyl sites for hydroxylation is 1. The first kappa shape index (κ1) is 21.5. The molecule has 1 aromatic heterocycles. The summed E-state index contributed by atoms with van der Waals surface area (Å²) >= 11 is 0. The number of benzene rings is 2. The number of hydrogen-bond donors (Lipinski definition) is 1. The summed E-state index contributed by atoms with van der Waals surface area (Å²) in [5, 5.41) is 2.88. The third-order valence-corrected chi connectivity index (χ3v) is 5.36. The maximum atomic E-state index is 13.2. The summed E-state index contributed by atoms with van der Waals surface area (Å²) in [6.07, 6.45) is 1.81. The summed E-state index contributed by atoms with van der Waals surface area (Å²) in [6.45, 7) is 3.25. The highest BCUT2D eigenvalue weighted by Gasteiger charge is 2.34. The van der Waals surface area contributed by atoms with Crippen LogP contribution in [-0.4, -0.2) is 28.2 Å². The second-order valence-corrected chi connectivity index (χ2v) is 7.94. The van der Waals surface area contributed by atoms with Crippen molar-refractivity contribution in [3.05, 3.63) is 89.4 Å². The molecule has 1 atom stereocenters. The van der Waals surface area contributed by atoms with E-state index in [0.29, 0.717) is 31.3 Å². The Morgan fingerprint density at radius 2 is 1.94 bits per heavy atom. The third kappa shape index (κ3) is 5.49. The molecule has 1 aliphatic heterocycles. The lowest BCUT2D eigenvalue weighted by Gasteiger charge is -2.17. The SMILES string of the molecule is Cc1ccc(CN2CC(C(=O)NCc3ccc(Oc4cccc(F)c4)nc3)CC2=O)cc1. The van der Waals surface area contributed by atoms with Crippen molar-refractivity contribution in [2.75, 3.05) is 6.54 Å². The molecule has 0 spiro atoms. The molecule has 1 N–H and O–H groups in total. The van der Waals surface area contributed by atoms with Crippen LogP contribution >= 0.6 is 0 Å². The maximum Gasteiger partial charge on any atom is 0.225 e. The number of aromatic nitrogens is 1. The zero-order chi connectivity index (χ0) is 22.5. The number of likely N-dealkylation sites (tertiary alicyclic amines) is 1. The van der Waals surface area contributed by atoms with Crippen LogP contribution in [0.15, 0.2) is 66.9 Å². The molecule has 1 aliphatic rings. The molecule has 7 heteroatoms. The van der Waals surface area contributed by atoms with Gasteiger partial charge in [0.15, 0.2) is 0 Å². The van der Waals surface area contributed by atoms with Gasteiger partial charge >= 0.3 is 0 Å². The van der Waals surface area contributed by atoms with Crippen molar-refractivity contribution in [2.45, 2.75) is 26.4 Å². The van der Waals surface area contributed by atoms with Gasteiger partial charge in [0, 0.05) is 44.4 Å². The fourth-order valence-electron chi connectivity index (χ4n) is 3.58. The van der Waals surface area contributed by atoms with E-state index < -0.39 is 0 Å². The number of pyridine rings is 1. The second kappa shape index (κ2) is 9.60. The molecule has 4 rings (SSSR count). The van der Waals surface area contributed by atoms with Crippen molar-refractivity contribution in [1.29, 1.82) is 0 Å². The van der Waals surface area contributed by atoms with Gasteiger partial charge in [0.25, 0.3) is 0 Å². The quantitative estimate of drug-likeness (QED) is 0.612. The van der Waals surface area contributed by atoms with Gasteiger partial charge in [0.05, 0.1) is 5.92 Å². The number of carbonyl (C=O) groups is 2. The molecule has 6 nitrogen and oxygen atoms in total. The highest BCUT2D eigenvalue weighted by Crippen LogP contribution is 2.22. The van der Waals surface area contributed by atoms with Crippen molar-refractivity contribution in [3.8, 4) is 11.6 Å². The van der Waals surface area contributed by atoms with Crippen LogP contribution in [0, 0.1) is 18.7 Å². The van der Waals surface area contributed by atoms with Gasteiger partial charge in [-0.3, -0.25) is 9.59 Å². The van der Waals surface area contributed by atoms with Crippen LogP contribution in [0.5, 0.6) is 11.6 Å². The minimum Gasteiger partial charge on any atom is -0.439 e. The predicted octanol–water partition coefficient (Wildman–Crippen LogP) is 3.99. The molecule has 2 amide bonds. The number of halogens is 1. The normalized spacial score (nSPS) is 15.6. The van der Waals surface area contributed by atoms with Crippen molar-refractivity contribution < 1.29 is 18.7 Å². The maximum absolute atomic E-state index is 13.2. The van der Waals surface area contributed by atoms with Gasteiger partial charge < -0.3 is 15.0 Å². The van der Waals surface area contributed by atoms with Crippen molar-refractivity contribution in [3.63, 3.8) is 0 Å². The Balaban J connectivity index is 1.27. The van der Waals surface area contributed by atoms with E-state index >= 15 is 0 Å². The molecule has 2 heterocycles. The average Bonchev–Trinajstić information content (AvgIpc) is 3.15. The monoisotopic (exact) mass is 433 g/mol. The molecule has 32 heavy (non-hydrogen) atoms. The molecule has 3 aromatic rings. The number of amides is 2. The lowest BCUT2D eigenvalue weighted by molar-refractivity contribution is -0.129. The fraction of sp³-hybridized carbons (Fsp3) is 0.240. The van der Waals surface area contributed by atoms with Crippen LogP contribution in [0.3, 0.4) is 0 Å². The topological polar surface area (TPSA) is 71.5 Å². The predicted molar refractivity (Wildman–Crippen MR) is 117 cm³/mol. The van der Waals surface area contributed by atoms with E-state index in [1.807, 2.05) is 31.2 Å². The molecule has 0 radical (unpaired) electrons. The first-order valence-electron chi connectivity index (χ1n) is 10.5. The molecule has 1 saturated heterocycles. The summed E-state index contributed by atoms with van der Waals surface area (Å²) in [4.78, 5) is 30.8. The van der Waals surface area contributed by atoms with Crippen LogP contribution in [0.1, 0.15) is 23.1 Å². The molecule has 1 fully saturated rings. The Morgan fingerprint density at radius 1 is 1.16 bits per heavy atom. The summed E-state index contributed by atoms with van der Waals surface area (Å²) in [7, 11) is 0. The van der Waals surface area contributed by atoms with Gasteiger partial charge in [-0.2, -0.15) is 0 Å². The van der Waals surface area contributed by atoms with E-state index in [2.05, 4.69) is 10.3 Å². The van der Waals surface area contributed by atoms with Crippen LogP contribution < -0.4 is 10.1 Å². The van der Waals surface area contributed by atoms with Crippen LogP contribution in [0.4, 0.5) is 4.39 Å². The van der Waals surface area contributed by atoms with E-state index in [1.165, 1.54) is 17.7 Å². The minimum atomic E-state index is -0.385. The minimum absolute atomic E-state index is 0.00811. The van der Waals surface area contributed by atoms with Gasteiger partial charge in [-0.05, 0) is 30.2 Å². The molecule has 0 aliphatic carbocycles. The average molecular weight is 433 g/mol. The number of nitrogens with one attached hydrogen (secondary N) is 1. The first-order valence-corrected chi connectivity index (χ1v) is 10.5. The largest absolute Gasteiger partial charge is 0.439 e. The summed E-state index contributed by atoms with van der Waals surface area (Å²) < 4.78 is 18.8. The Labute approximate surface area is 186 Å². The van der Waals surface area contributed by atoms with Gasteiger partial charge in [0.2, 0.25) is 17.7 Å². The summed E-state index contributed by atoms with van der Waals surface area (Å²) in [5.74, 6) is -0.212. The molecule has 2 aromatic carbocycles. The second-order valence-electron chi connectivity index (χ2n) is 7.94. The number of carbonyl (C=O) groups excluding carboxylic acids is 2. The Morgan fingerprint density at radius 3 is 2.66 bits per heavy atom. The van der Waals surface area contributed by atoms with Gasteiger partial charge in [-0.15, -0.1) is 0 Å². The van der Waals surface area contributed by atoms with Gasteiger partial charge in [0.1, 0.15) is 11.6 Å². The van der Waals surface area contributed by atoms with Gasteiger partial charge in [-0.25, -0.2) is 9.37 Å². The summed E-state index contributed by atoms with van der Waals surface area (Å²) in [5.41, 5.74) is 3.02. The van der Waals surface area contributed by atoms with E-state index in [0.717, 1.165) is 11.1 Å². The van der Waals surface area contributed by atoms with Crippen LogP contribution in [0.25, 0.3) is 0 Å². The molecular formula is C25H24FN3O3. The number of ether oxygens (including phenoxy) is 1. The Kier molecular flexibility index (Phi) is 6.44. The Bertz CT molecular complexity index is 1100. The van der Waals surface area contributed by atoms with Crippen LogP contribution in [-0.2, 0) is 22.7 Å². The van der Waals surface area contributed by atoms with E-state index in [1.54, 1.807) is 35.4 Å². The molecular weight excluding hydrogens is 409 g/mol. The van der Waals surface area contributed by atoms with E-state index in [9.17, 15) is 14.0 Å². The molecule has 164 valence electrons. The number of rotatable bonds is 7. The first-order chi connectivity index (χ1) is 15.5. The van der Waals surface area contributed by atoms with Crippen LogP contribution in [0.2, 0.25) is 0 Å². The zero-order valence-electron chi connectivity index (χ0n) is 17.8. The number of nitrogens with zero attached hydrogens (tertiary/aromatic N) is 2. The highest BCUT2D eigenvalue weighted by molar-refractivity contribution is 5.89. The van der Waals surface area contributed by atoms with E-state index in [4.69, 9.17) is 4.74 Å². The zero-order valence-corrected chi connectivity index (χ0v) is 17.8. The smallest absolute Gasteiger partial charge is 0.225 e. The standard InChI is InChI=1S/C25H24FN3O3/c1-17-5-7-18(8-6-17)15-29-16-20(11-24(29)30)25(31)28-14-19-9-10-23(27-13-19)32-22-4-2-3-21(26)12-22/h2-10,12-13,20H,11,14-16H2,1H3,(H,28,31). The van der Waals surface area contributed by atoms with E-state index in [-0.39, 0.29) is 30.0 Å². The van der Waals surface area contributed by atoms with Crippen molar-refractivity contribution >= 4 is 11.8 Å². The summed E-state index contributed by atoms with van der Waals surface area (Å²) in [6, 6.07) is 17.3. The number of hydrogen-bond acceptors (Lipinski definition) is 4. The van der Waals surface area contributed by atoms with Crippen molar-refractivity contribution in [1.82, 2.24) is 15.2 Å². The highest BCUT2D eigenvalue weighted by atomic mass is 19.1. The lowest BCUT2D eigenvalue weighted by atomic mass is 10.1. The lowest BCUT2D eigenvalue weighted by Crippen LogP contribution is -2.32.